The van der Waals surface area contributed by atoms with Crippen molar-refractivity contribution < 1.29 is 62.6 Å². The Morgan fingerprint density at radius 3 is 1.85 bits per heavy atom. The highest BCUT2D eigenvalue weighted by Gasteiger charge is 2.73. The van der Waals surface area contributed by atoms with Crippen LogP contribution >= 0.6 is 0 Å². The number of benzene rings is 3. The fraction of sp³-hybridized carbons (Fsp3) is 0.406. The van der Waals surface area contributed by atoms with Gasteiger partial charge in [-0.3, -0.25) is 0 Å². The molecule has 1 aliphatic rings. The van der Waals surface area contributed by atoms with E-state index in [2.05, 4.69) is 4.74 Å². The summed E-state index contributed by atoms with van der Waals surface area (Å²) < 4.78 is 160. The van der Waals surface area contributed by atoms with Gasteiger partial charge in [-0.05, 0) is 60.2 Å². The molecule has 6 nitrogen and oxygen atoms in total. The zero-order valence-corrected chi connectivity index (χ0v) is 26.4. The van der Waals surface area contributed by atoms with Crippen LogP contribution in [0.5, 0.6) is 0 Å². The normalized spacial score (nSPS) is 19.8. The topological polar surface area (TPSA) is 83.9 Å². The molecule has 1 aliphatic heterocycles. The number of piperidine rings is 1. The van der Waals surface area contributed by atoms with E-state index in [1.807, 2.05) is 0 Å². The molecule has 2 unspecified atom stereocenters. The molecule has 0 bridgehead atoms. The third-order valence-electron chi connectivity index (χ3n) is 8.65. The molecule has 1 saturated heterocycles. The number of alkyl halides is 6. The van der Waals surface area contributed by atoms with Crippen LogP contribution in [-0.2, 0) is 31.5 Å². The van der Waals surface area contributed by atoms with E-state index < -0.39 is 103 Å². The zero-order chi connectivity index (χ0) is 36.1. The van der Waals surface area contributed by atoms with Crippen molar-refractivity contribution in [3.63, 3.8) is 0 Å². The van der Waals surface area contributed by atoms with Crippen LogP contribution in [-0.4, -0.2) is 49.5 Å². The maximum atomic E-state index is 14.5. The van der Waals surface area contributed by atoms with Crippen LogP contribution in [0, 0.1) is 22.9 Å². The molecule has 4 rings (SSSR count). The summed E-state index contributed by atoms with van der Waals surface area (Å²) in [6, 6.07) is 6.92. The Kier molecular flexibility index (Phi) is 9.71. The van der Waals surface area contributed by atoms with Gasteiger partial charge in [0, 0.05) is 23.7 Å². The number of hydrogen-bond donors (Lipinski definition) is 1. The number of hydrogen-bond acceptors (Lipinski definition) is 4. The molecular formula is C32H30F9NO5S. The Morgan fingerprint density at radius 1 is 0.875 bits per heavy atom. The van der Waals surface area contributed by atoms with Crippen LogP contribution in [0.15, 0.2) is 71.6 Å². The van der Waals surface area contributed by atoms with Crippen LogP contribution in [0.2, 0.25) is 0 Å². The first-order chi connectivity index (χ1) is 22.0. The molecule has 0 radical (unpaired) electrons. The summed E-state index contributed by atoms with van der Waals surface area (Å²) in [5.41, 5.74) is -9.04. The van der Waals surface area contributed by atoms with Crippen molar-refractivity contribution in [2.24, 2.45) is 5.41 Å². The number of carbonyl (C=O) groups is 1. The fourth-order valence-electron chi connectivity index (χ4n) is 6.08. The van der Waals surface area contributed by atoms with Gasteiger partial charge in [-0.15, -0.1) is 0 Å². The average Bonchev–Trinajstić information content (AvgIpc) is 2.97. The van der Waals surface area contributed by atoms with E-state index in [1.54, 1.807) is 20.8 Å². The van der Waals surface area contributed by atoms with Gasteiger partial charge in [-0.2, -0.15) is 26.3 Å². The number of ether oxygens (including phenoxy) is 1. The number of carboxylic acid groups (broad SMARTS) is 1. The SMILES string of the molecule is CC(C)(C)C1CC(c2ccc(C(OCc3c(F)cccc3F)(C(F)(F)F)C(F)(F)F)cc2)(S(=O)(=O)c2ccc(F)cc2)CCN1C(=O)O. The van der Waals surface area contributed by atoms with Crippen molar-refractivity contribution in [1.29, 1.82) is 0 Å². The highest BCUT2D eigenvalue weighted by molar-refractivity contribution is 7.92. The van der Waals surface area contributed by atoms with Gasteiger partial charge in [0.25, 0.3) is 5.60 Å². The van der Waals surface area contributed by atoms with Crippen molar-refractivity contribution in [2.45, 2.75) is 73.9 Å². The monoisotopic (exact) mass is 711 g/mol. The predicted molar refractivity (Wildman–Crippen MR) is 154 cm³/mol. The minimum absolute atomic E-state index is 0.270. The van der Waals surface area contributed by atoms with Gasteiger partial charge < -0.3 is 14.7 Å². The van der Waals surface area contributed by atoms with Crippen molar-refractivity contribution in [2.75, 3.05) is 6.54 Å². The number of likely N-dealkylation sites (tertiary alicyclic amines) is 1. The molecular weight excluding hydrogens is 681 g/mol. The molecule has 1 heterocycles. The van der Waals surface area contributed by atoms with E-state index in [0.29, 0.717) is 24.3 Å². The number of halogens is 9. The lowest BCUT2D eigenvalue weighted by Gasteiger charge is -2.50. The molecule has 1 N–H and O–H groups in total. The first-order valence-electron chi connectivity index (χ1n) is 14.3. The Balaban J connectivity index is 1.92. The van der Waals surface area contributed by atoms with E-state index in [1.165, 1.54) is 0 Å². The van der Waals surface area contributed by atoms with Gasteiger partial charge in [0.2, 0.25) is 0 Å². The lowest BCUT2D eigenvalue weighted by molar-refractivity contribution is -0.392. The molecule has 0 saturated carbocycles. The predicted octanol–water partition coefficient (Wildman–Crippen LogP) is 8.50. The van der Waals surface area contributed by atoms with E-state index in [-0.39, 0.29) is 12.1 Å². The molecule has 262 valence electrons. The molecule has 16 heteroatoms. The summed E-state index contributed by atoms with van der Waals surface area (Å²) in [7, 11) is -4.64. The first-order valence-corrected chi connectivity index (χ1v) is 15.8. The van der Waals surface area contributed by atoms with Crippen LogP contribution < -0.4 is 0 Å². The lowest BCUT2D eigenvalue weighted by atomic mass is 9.74. The molecule has 1 fully saturated rings. The first kappa shape index (κ1) is 37.0. The quantitative estimate of drug-likeness (QED) is 0.196. The second-order valence-electron chi connectivity index (χ2n) is 12.5. The number of sulfone groups is 1. The van der Waals surface area contributed by atoms with Gasteiger partial charge in [0.15, 0.2) is 9.84 Å². The molecule has 3 aromatic rings. The second kappa shape index (κ2) is 12.6. The minimum atomic E-state index is -6.24. The summed E-state index contributed by atoms with van der Waals surface area (Å²) in [5, 5.41) is 9.87. The molecule has 48 heavy (non-hydrogen) atoms. The number of amides is 1. The summed E-state index contributed by atoms with van der Waals surface area (Å²) >= 11 is 0. The smallest absolute Gasteiger partial charge is 0.430 e. The summed E-state index contributed by atoms with van der Waals surface area (Å²) in [5.74, 6) is -3.68. The van der Waals surface area contributed by atoms with Crippen molar-refractivity contribution >= 4 is 15.9 Å². The minimum Gasteiger partial charge on any atom is -0.465 e. The molecule has 3 aromatic carbocycles. The number of rotatable bonds is 7. The van der Waals surface area contributed by atoms with Gasteiger partial charge in [0.1, 0.15) is 22.2 Å². The molecule has 2 atom stereocenters. The van der Waals surface area contributed by atoms with Crippen LogP contribution in [0.3, 0.4) is 0 Å². The van der Waals surface area contributed by atoms with Crippen molar-refractivity contribution in [3.05, 3.63) is 101 Å². The molecule has 0 spiro atoms. The number of nitrogens with zero attached hydrogens (tertiary/aromatic N) is 1. The third-order valence-corrected chi connectivity index (χ3v) is 11.2. The Morgan fingerprint density at radius 2 is 1.40 bits per heavy atom. The third kappa shape index (κ3) is 6.35. The summed E-state index contributed by atoms with van der Waals surface area (Å²) in [4.78, 5) is 12.7. The van der Waals surface area contributed by atoms with E-state index in [4.69, 9.17) is 0 Å². The Hall–Kier alpha value is -3.79. The maximum absolute atomic E-state index is 14.5. The van der Waals surface area contributed by atoms with Gasteiger partial charge in [-0.1, -0.05) is 51.1 Å². The zero-order valence-electron chi connectivity index (χ0n) is 25.6. The van der Waals surface area contributed by atoms with Gasteiger partial charge >= 0.3 is 18.4 Å². The standard InChI is InChI=1S/C32H30F9NO5S/c1-28(2,3)26-17-29(15-16-42(26)27(43)44,48(45,46)22-13-11-21(33)12-14-22)19-7-9-20(10-8-19)30(31(36,37)38,32(39,40)41)47-18-23-24(34)5-4-6-25(23)35/h4-14,26H,15-18H2,1-3H3,(H,43,44). The van der Waals surface area contributed by atoms with E-state index >= 15 is 0 Å². The van der Waals surface area contributed by atoms with E-state index in [9.17, 15) is 57.8 Å². The summed E-state index contributed by atoms with van der Waals surface area (Å²) in [6.07, 6.45) is -14.8. The van der Waals surface area contributed by atoms with Crippen LogP contribution in [0.25, 0.3) is 0 Å². The Bertz CT molecular complexity index is 1720. The van der Waals surface area contributed by atoms with Gasteiger partial charge in [0.05, 0.1) is 11.5 Å². The fourth-order valence-corrected chi connectivity index (χ4v) is 8.21. The summed E-state index contributed by atoms with van der Waals surface area (Å²) in [6.45, 7) is 2.74. The molecule has 0 aliphatic carbocycles. The Labute approximate surface area is 270 Å². The molecule has 1 amide bonds. The lowest BCUT2D eigenvalue weighted by Crippen LogP contribution is -2.58. The largest absolute Gasteiger partial charge is 0.465 e. The van der Waals surface area contributed by atoms with E-state index in [0.717, 1.165) is 47.4 Å². The average molecular weight is 712 g/mol. The highest BCUT2D eigenvalue weighted by Crippen LogP contribution is 2.55. The maximum Gasteiger partial charge on any atom is 0.430 e. The molecule has 0 aromatic heterocycles. The van der Waals surface area contributed by atoms with Crippen molar-refractivity contribution in [1.82, 2.24) is 4.90 Å². The van der Waals surface area contributed by atoms with Crippen molar-refractivity contribution in [3.8, 4) is 0 Å². The second-order valence-corrected chi connectivity index (χ2v) is 14.8. The van der Waals surface area contributed by atoms with Crippen LogP contribution in [0.4, 0.5) is 44.3 Å². The van der Waals surface area contributed by atoms with Crippen LogP contribution in [0.1, 0.15) is 50.3 Å². The van der Waals surface area contributed by atoms with Gasteiger partial charge in [-0.25, -0.2) is 26.4 Å². The highest BCUT2D eigenvalue weighted by atomic mass is 32.2.